The van der Waals surface area contributed by atoms with Crippen LogP contribution in [0.1, 0.15) is 33.1 Å². The number of nitrogens with one attached hydrogen (secondary N) is 1. The molecular formula is C13H27N3O4S2. The van der Waals surface area contributed by atoms with Crippen LogP contribution >= 0.6 is 0 Å². The molecule has 0 spiro atoms. The molecule has 2 saturated heterocycles. The zero-order valence-corrected chi connectivity index (χ0v) is 15.2. The van der Waals surface area contributed by atoms with Gasteiger partial charge in [-0.1, -0.05) is 13.8 Å². The van der Waals surface area contributed by atoms with E-state index < -0.39 is 20.2 Å². The van der Waals surface area contributed by atoms with Gasteiger partial charge in [-0.15, -0.1) is 0 Å². The van der Waals surface area contributed by atoms with Crippen molar-refractivity contribution in [2.24, 2.45) is 11.8 Å². The topological polar surface area (TPSA) is 86.8 Å². The monoisotopic (exact) mass is 353 g/mol. The van der Waals surface area contributed by atoms with Crippen molar-refractivity contribution in [3.05, 3.63) is 0 Å². The molecule has 0 saturated carbocycles. The van der Waals surface area contributed by atoms with Gasteiger partial charge in [0.1, 0.15) is 0 Å². The summed E-state index contributed by atoms with van der Waals surface area (Å²) in [4.78, 5) is 0. The van der Waals surface area contributed by atoms with E-state index in [0.29, 0.717) is 50.9 Å². The molecule has 1 N–H and O–H groups in total. The first kappa shape index (κ1) is 18.1. The zero-order valence-electron chi connectivity index (χ0n) is 13.5. The fraction of sp³-hybridized carbons (Fsp3) is 1.00. The molecule has 2 atom stereocenters. The second kappa shape index (κ2) is 6.72. The molecule has 130 valence electrons. The fourth-order valence-electron chi connectivity index (χ4n) is 3.46. The van der Waals surface area contributed by atoms with E-state index in [9.17, 15) is 16.8 Å². The maximum absolute atomic E-state index is 12.7. The van der Waals surface area contributed by atoms with Gasteiger partial charge in [-0.25, -0.2) is 13.1 Å². The minimum Gasteiger partial charge on any atom is -0.213 e. The Labute approximate surface area is 134 Å². The van der Waals surface area contributed by atoms with Crippen molar-refractivity contribution in [1.29, 1.82) is 0 Å². The number of sulfonamides is 1. The summed E-state index contributed by atoms with van der Waals surface area (Å²) in [6.45, 7) is 6.06. The largest absolute Gasteiger partial charge is 0.281 e. The molecule has 22 heavy (non-hydrogen) atoms. The predicted molar refractivity (Wildman–Crippen MR) is 86.0 cm³/mol. The molecule has 0 unspecified atom stereocenters. The number of rotatable bonds is 4. The second-order valence-corrected chi connectivity index (χ2v) is 10.5. The van der Waals surface area contributed by atoms with Crippen LogP contribution in [0.4, 0.5) is 0 Å². The molecule has 2 rings (SSSR count). The molecule has 2 heterocycles. The first-order chi connectivity index (χ1) is 10.1. The van der Waals surface area contributed by atoms with Gasteiger partial charge >= 0.3 is 0 Å². The van der Waals surface area contributed by atoms with E-state index in [-0.39, 0.29) is 6.04 Å². The van der Waals surface area contributed by atoms with Crippen LogP contribution in [0.3, 0.4) is 0 Å². The van der Waals surface area contributed by atoms with Crippen LogP contribution in [0, 0.1) is 11.8 Å². The highest BCUT2D eigenvalue weighted by molar-refractivity contribution is 7.88. The van der Waals surface area contributed by atoms with E-state index >= 15 is 0 Å². The lowest BCUT2D eigenvalue weighted by molar-refractivity contribution is 0.201. The Hall–Kier alpha value is -0.220. The van der Waals surface area contributed by atoms with Crippen LogP contribution in [0.2, 0.25) is 0 Å². The highest BCUT2D eigenvalue weighted by Crippen LogP contribution is 2.26. The van der Waals surface area contributed by atoms with Crippen molar-refractivity contribution in [2.75, 3.05) is 32.4 Å². The lowest BCUT2D eigenvalue weighted by Gasteiger charge is -2.39. The third-order valence-electron chi connectivity index (χ3n) is 4.32. The fourth-order valence-corrected chi connectivity index (χ4v) is 6.19. The Morgan fingerprint density at radius 2 is 1.41 bits per heavy atom. The summed E-state index contributed by atoms with van der Waals surface area (Å²) in [5.41, 5.74) is 0. The van der Waals surface area contributed by atoms with Crippen molar-refractivity contribution in [3.63, 3.8) is 0 Å². The Morgan fingerprint density at radius 1 is 0.909 bits per heavy atom. The second-order valence-electron chi connectivity index (χ2n) is 6.83. The van der Waals surface area contributed by atoms with E-state index in [1.165, 1.54) is 4.31 Å². The number of nitrogens with zero attached hydrogens (tertiary/aromatic N) is 2. The zero-order chi connectivity index (χ0) is 16.5. The highest BCUT2D eigenvalue weighted by atomic mass is 32.2. The molecule has 9 heteroatoms. The molecule has 0 amide bonds. The van der Waals surface area contributed by atoms with E-state index in [0.717, 1.165) is 12.7 Å². The van der Waals surface area contributed by atoms with Gasteiger partial charge in [-0.3, -0.25) is 0 Å². The predicted octanol–water partition coefficient (Wildman–Crippen LogP) is 0.223. The van der Waals surface area contributed by atoms with Crippen molar-refractivity contribution in [2.45, 2.75) is 39.2 Å². The van der Waals surface area contributed by atoms with Gasteiger partial charge in [0, 0.05) is 32.2 Å². The standard InChI is InChI=1S/C13H27N3O4S2/c1-11-8-12(2)10-16(9-11)22(19,20)15-6-4-13(5-7-15)14-21(3,17)18/h11-14H,4-10H2,1-3H3/t11-,12-/m0/s1. The van der Waals surface area contributed by atoms with Crippen LogP contribution in [0.5, 0.6) is 0 Å². The Kier molecular flexibility index (Phi) is 5.54. The third-order valence-corrected chi connectivity index (χ3v) is 7.05. The Balaban J connectivity index is 1.97. The van der Waals surface area contributed by atoms with Gasteiger partial charge in [0.15, 0.2) is 0 Å². The minimum atomic E-state index is -3.43. The molecule has 0 radical (unpaired) electrons. The average molecular weight is 354 g/mol. The van der Waals surface area contributed by atoms with E-state index in [1.54, 1.807) is 4.31 Å². The smallest absolute Gasteiger partial charge is 0.213 e. The van der Waals surface area contributed by atoms with Gasteiger partial charge in [0.05, 0.1) is 6.26 Å². The maximum Gasteiger partial charge on any atom is 0.281 e. The summed E-state index contributed by atoms with van der Waals surface area (Å²) in [6.07, 6.45) is 3.23. The van der Waals surface area contributed by atoms with Crippen molar-refractivity contribution in [1.82, 2.24) is 13.3 Å². The summed E-state index contributed by atoms with van der Waals surface area (Å²) in [6, 6.07) is -0.166. The van der Waals surface area contributed by atoms with Crippen molar-refractivity contribution < 1.29 is 16.8 Å². The lowest BCUT2D eigenvalue weighted by atomic mass is 9.94. The van der Waals surface area contributed by atoms with E-state index in [1.807, 2.05) is 0 Å². The Morgan fingerprint density at radius 3 is 1.86 bits per heavy atom. The highest BCUT2D eigenvalue weighted by Gasteiger charge is 2.36. The third kappa shape index (κ3) is 4.64. The molecule has 0 aliphatic carbocycles. The normalized spacial score (nSPS) is 30.5. The average Bonchev–Trinajstić information content (AvgIpc) is 2.36. The molecule has 7 nitrogen and oxygen atoms in total. The molecule has 2 aliphatic heterocycles. The lowest BCUT2D eigenvalue weighted by Crippen LogP contribution is -2.53. The van der Waals surface area contributed by atoms with Crippen LogP contribution in [0.15, 0.2) is 0 Å². The number of hydrogen-bond donors (Lipinski definition) is 1. The molecule has 0 bridgehead atoms. The van der Waals surface area contributed by atoms with Gasteiger partial charge in [-0.2, -0.15) is 17.0 Å². The molecule has 0 aromatic heterocycles. The first-order valence-electron chi connectivity index (χ1n) is 7.80. The van der Waals surface area contributed by atoms with Crippen LogP contribution in [0.25, 0.3) is 0 Å². The molecule has 2 aliphatic rings. The molecule has 0 aromatic carbocycles. The van der Waals surface area contributed by atoms with Crippen LogP contribution in [-0.4, -0.2) is 63.9 Å². The number of hydrogen-bond acceptors (Lipinski definition) is 4. The SMILES string of the molecule is C[C@H]1C[C@H](C)CN(S(=O)(=O)N2CCC(NS(C)(=O)=O)CC2)C1. The molecule has 2 fully saturated rings. The van der Waals surface area contributed by atoms with Gasteiger partial charge in [-0.05, 0) is 31.1 Å². The van der Waals surface area contributed by atoms with Crippen LogP contribution in [-0.2, 0) is 20.2 Å². The minimum absolute atomic E-state index is 0.166. The molecular weight excluding hydrogens is 326 g/mol. The summed E-state index contributed by atoms with van der Waals surface area (Å²) < 4.78 is 53.6. The van der Waals surface area contributed by atoms with E-state index in [2.05, 4.69) is 18.6 Å². The summed E-state index contributed by atoms with van der Waals surface area (Å²) in [7, 11) is -6.67. The van der Waals surface area contributed by atoms with Gasteiger partial charge < -0.3 is 0 Å². The van der Waals surface area contributed by atoms with Crippen molar-refractivity contribution >= 4 is 20.2 Å². The molecule has 0 aromatic rings. The van der Waals surface area contributed by atoms with E-state index in [4.69, 9.17) is 0 Å². The van der Waals surface area contributed by atoms with Crippen molar-refractivity contribution in [3.8, 4) is 0 Å². The maximum atomic E-state index is 12.7. The Bertz CT molecular complexity index is 572. The summed E-state index contributed by atoms with van der Waals surface area (Å²) >= 11 is 0. The number of piperidine rings is 2. The quantitative estimate of drug-likeness (QED) is 0.783. The van der Waals surface area contributed by atoms with Gasteiger partial charge in [0.2, 0.25) is 10.0 Å². The summed E-state index contributed by atoms with van der Waals surface area (Å²) in [5, 5.41) is 0. The first-order valence-corrected chi connectivity index (χ1v) is 11.1. The summed E-state index contributed by atoms with van der Waals surface area (Å²) in [5.74, 6) is 0.755. The van der Waals surface area contributed by atoms with Gasteiger partial charge in [0.25, 0.3) is 10.2 Å². The van der Waals surface area contributed by atoms with Crippen LogP contribution < -0.4 is 4.72 Å².